The lowest BCUT2D eigenvalue weighted by atomic mass is 10.0. The van der Waals surface area contributed by atoms with Crippen LogP contribution in [0.4, 0.5) is 5.82 Å². The van der Waals surface area contributed by atoms with E-state index in [4.69, 9.17) is 4.74 Å². The van der Waals surface area contributed by atoms with Gasteiger partial charge < -0.3 is 15.0 Å². The summed E-state index contributed by atoms with van der Waals surface area (Å²) >= 11 is 0. The lowest BCUT2D eigenvalue weighted by Gasteiger charge is -2.25. The van der Waals surface area contributed by atoms with E-state index in [1.54, 1.807) is 19.5 Å². The fraction of sp³-hybridized carbons (Fsp3) is 0.500. The van der Waals surface area contributed by atoms with Gasteiger partial charge in [0, 0.05) is 32.6 Å². The van der Waals surface area contributed by atoms with Gasteiger partial charge in [0.05, 0.1) is 23.4 Å². The number of carbonyl (C=O) groups excluding carboxylic acids is 1. The number of nitrogens with one attached hydrogen (secondary N) is 1. The van der Waals surface area contributed by atoms with Gasteiger partial charge in [0.1, 0.15) is 18.5 Å². The molecule has 2 atom stereocenters. The largest absolute Gasteiger partial charge is 0.380 e. The lowest BCUT2D eigenvalue weighted by Crippen LogP contribution is -2.41. The second kappa shape index (κ2) is 8.18. The van der Waals surface area contributed by atoms with E-state index in [9.17, 15) is 4.79 Å². The first-order valence-electron chi connectivity index (χ1n) is 8.73. The highest BCUT2D eigenvalue weighted by Crippen LogP contribution is 2.25. The van der Waals surface area contributed by atoms with Gasteiger partial charge in [0.2, 0.25) is 0 Å². The first-order chi connectivity index (χ1) is 12.6. The number of anilines is 1. The topological polar surface area (TPSA) is 93.1 Å². The molecule has 8 heteroatoms. The quantitative estimate of drug-likeness (QED) is 0.836. The zero-order valence-electron chi connectivity index (χ0n) is 15.3. The number of hydrogen-bond donors (Lipinski definition) is 1. The Morgan fingerprint density at radius 3 is 2.85 bits per heavy atom. The summed E-state index contributed by atoms with van der Waals surface area (Å²) in [4.78, 5) is 31.4. The molecule has 3 rings (SSSR count). The third-order valence-corrected chi connectivity index (χ3v) is 4.60. The van der Waals surface area contributed by atoms with Gasteiger partial charge in [-0.2, -0.15) is 0 Å². The first kappa shape index (κ1) is 18.2. The highest BCUT2D eigenvalue weighted by molar-refractivity contribution is 5.95. The van der Waals surface area contributed by atoms with Crippen molar-refractivity contribution in [1.29, 1.82) is 0 Å². The maximum atomic E-state index is 12.7. The van der Waals surface area contributed by atoms with Crippen LogP contribution in [-0.4, -0.2) is 58.2 Å². The van der Waals surface area contributed by atoms with Crippen molar-refractivity contribution in [1.82, 2.24) is 25.3 Å². The lowest BCUT2D eigenvalue weighted by molar-refractivity contribution is 0.0944. The van der Waals surface area contributed by atoms with E-state index >= 15 is 0 Å². The van der Waals surface area contributed by atoms with Gasteiger partial charge >= 0.3 is 0 Å². The number of methoxy groups -OCH3 is 1. The van der Waals surface area contributed by atoms with E-state index in [0.29, 0.717) is 12.1 Å². The summed E-state index contributed by atoms with van der Waals surface area (Å²) < 4.78 is 5.52. The number of hydrogen-bond acceptors (Lipinski definition) is 7. The second-order valence-corrected chi connectivity index (χ2v) is 6.65. The Kier molecular flexibility index (Phi) is 5.72. The summed E-state index contributed by atoms with van der Waals surface area (Å²) in [6, 6.07) is 1.97. The van der Waals surface area contributed by atoms with Crippen molar-refractivity contribution in [3.8, 4) is 0 Å². The molecule has 1 fully saturated rings. The van der Waals surface area contributed by atoms with Crippen molar-refractivity contribution in [2.24, 2.45) is 0 Å². The van der Waals surface area contributed by atoms with Gasteiger partial charge in [-0.05, 0) is 18.4 Å². The minimum Gasteiger partial charge on any atom is -0.380 e. The highest BCUT2D eigenvalue weighted by atomic mass is 16.5. The van der Waals surface area contributed by atoms with Crippen molar-refractivity contribution >= 4 is 11.7 Å². The molecule has 0 radical (unpaired) electrons. The van der Waals surface area contributed by atoms with Gasteiger partial charge in [0.15, 0.2) is 0 Å². The summed E-state index contributed by atoms with van der Waals surface area (Å²) in [5.74, 6) is 0.836. The Labute approximate surface area is 153 Å². The van der Waals surface area contributed by atoms with E-state index in [2.05, 4.69) is 30.2 Å². The van der Waals surface area contributed by atoms with Crippen molar-refractivity contribution < 1.29 is 9.53 Å². The monoisotopic (exact) mass is 356 g/mol. The Bertz CT molecular complexity index is 739. The molecular formula is C18H24N6O2. The molecule has 1 aliphatic rings. The molecule has 8 nitrogen and oxygen atoms in total. The molecule has 26 heavy (non-hydrogen) atoms. The molecule has 1 aliphatic heterocycles. The fourth-order valence-electron chi connectivity index (χ4n) is 3.25. The van der Waals surface area contributed by atoms with Crippen LogP contribution >= 0.6 is 0 Å². The molecule has 1 N–H and O–H groups in total. The Hall–Kier alpha value is -2.61. The fourth-order valence-corrected chi connectivity index (χ4v) is 3.25. The van der Waals surface area contributed by atoms with Crippen molar-refractivity contribution in [2.75, 3.05) is 25.1 Å². The minimum absolute atomic E-state index is 0.103. The van der Waals surface area contributed by atoms with E-state index in [-0.39, 0.29) is 24.0 Å². The number of aromatic nitrogens is 4. The molecule has 2 aromatic rings. The minimum atomic E-state index is -0.155. The van der Waals surface area contributed by atoms with E-state index in [0.717, 1.165) is 24.5 Å². The van der Waals surface area contributed by atoms with E-state index in [1.165, 1.54) is 12.7 Å². The second-order valence-electron chi connectivity index (χ2n) is 6.65. The van der Waals surface area contributed by atoms with Crippen LogP contribution in [0.25, 0.3) is 0 Å². The SMILES string of the molecule is CO[C@@H]1C[C@H](CNC(=O)c2cncnc2C(C)C)N(c2ccncn2)C1. The van der Waals surface area contributed by atoms with Gasteiger partial charge in [-0.15, -0.1) is 0 Å². The van der Waals surface area contributed by atoms with Gasteiger partial charge in [-0.25, -0.2) is 19.9 Å². The molecule has 0 saturated carbocycles. The maximum Gasteiger partial charge on any atom is 0.254 e. The summed E-state index contributed by atoms with van der Waals surface area (Å²) in [6.45, 7) is 5.25. The summed E-state index contributed by atoms with van der Waals surface area (Å²) in [5.41, 5.74) is 1.28. The zero-order valence-corrected chi connectivity index (χ0v) is 15.3. The molecule has 0 aromatic carbocycles. The van der Waals surface area contributed by atoms with Crippen LogP contribution in [0.3, 0.4) is 0 Å². The van der Waals surface area contributed by atoms with Crippen LogP contribution in [0.15, 0.2) is 31.1 Å². The number of carbonyl (C=O) groups is 1. The molecule has 0 spiro atoms. The number of amides is 1. The normalized spacial score (nSPS) is 19.8. The van der Waals surface area contributed by atoms with Crippen molar-refractivity contribution in [3.05, 3.63) is 42.4 Å². The van der Waals surface area contributed by atoms with Gasteiger partial charge in [-0.1, -0.05) is 13.8 Å². The Balaban J connectivity index is 1.70. The summed E-state index contributed by atoms with van der Waals surface area (Å²) in [6.07, 6.45) is 7.23. The maximum absolute atomic E-state index is 12.7. The number of rotatable bonds is 6. The molecule has 138 valence electrons. The first-order valence-corrected chi connectivity index (χ1v) is 8.73. The summed E-state index contributed by atoms with van der Waals surface area (Å²) in [7, 11) is 1.71. The molecule has 1 amide bonds. The van der Waals surface area contributed by atoms with Crippen LogP contribution in [-0.2, 0) is 4.74 Å². The predicted octanol–water partition coefficient (Wildman–Crippen LogP) is 1.41. The molecule has 0 aliphatic carbocycles. The highest BCUT2D eigenvalue weighted by Gasteiger charge is 2.33. The third kappa shape index (κ3) is 3.96. The van der Waals surface area contributed by atoms with Crippen LogP contribution in [0.2, 0.25) is 0 Å². The Morgan fingerprint density at radius 1 is 1.35 bits per heavy atom. The van der Waals surface area contributed by atoms with Gasteiger partial charge in [0.25, 0.3) is 5.91 Å². The summed E-state index contributed by atoms with van der Waals surface area (Å²) in [5, 5.41) is 3.02. The van der Waals surface area contributed by atoms with Crippen molar-refractivity contribution in [3.63, 3.8) is 0 Å². The van der Waals surface area contributed by atoms with Gasteiger partial charge in [-0.3, -0.25) is 4.79 Å². The van der Waals surface area contributed by atoms with Crippen LogP contribution in [0.5, 0.6) is 0 Å². The van der Waals surface area contributed by atoms with E-state index < -0.39 is 0 Å². The smallest absolute Gasteiger partial charge is 0.254 e. The standard InChI is InChI=1S/C18H24N6O2/c1-12(2)17-15(8-20-11-23-17)18(25)21-7-13-6-14(26-3)9-24(13)16-4-5-19-10-22-16/h4-5,8,10-14H,6-7,9H2,1-3H3,(H,21,25)/t13-,14-/m1/s1. The van der Waals surface area contributed by atoms with Crippen LogP contribution in [0, 0.1) is 0 Å². The van der Waals surface area contributed by atoms with Crippen LogP contribution < -0.4 is 10.2 Å². The van der Waals surface area contributed by atoms with Crippen molar-refractivity contribution in [2.45, 2.75) is 38.3 Å². The molecule has 2 aromatic heterocycles. The molecule has 0 unspecified atom stereocenters. The Morgan fingerprint density at radius 2 is 2.15 bits per heavy atom. The average Bonchev–Trinajstić information content (AvgIpc) is 3.10. The predicted molar refractivity (Wildman–Crippen MR) is 97.0 cm³/mol. The number of ether oxygens (including phenoxy) is 1. The molecule has 1 saturated heterocycles. The third-order valence-electron chi connectivity index (χ3n) is 4.60. The molecule has 0 bridgehead atoms. The molecule has 3 heterocycles. The number of nitrogens with zero attached hydrogens (tertiary/aromatic N) is 5. The average molecular weight is 356 g/mol. The van der Waals surface area contributed by atoms with E-state index in [1.807, 2.05) is 19.9 Å². The molecular weight excluding hydrogens is 332 g/mol. The zero-order chi connectivity index (χ0) is 18.5. The van der Waals surface area contributed by atoms with Crippen LogP contribution in [0.1, 0.15) is 42.2 Å².